The minimum Gasteiger partial charge on any atom is -0.490 e. The molecule has 2 heterocycles. The summed E-state index contributed by atoms with van der Waals surface area (Å²) >= 11 is 1.53. The van der Waals surface area contributed by atoms with Crippen molar-refractivity contribution in [2.75, 3.05) is 19.8 Å². The number of esters is 1. The summed E-state index contributed by atoms with van der Waals surface area (Å²) < 4.78 is 16.8. The summed E-state index contributed by atoms with van der Waals surface area (Å²) in [5.74, 6) is 1.01. The molecular formula is C20H24N2O4S. The lowest BCUT2D eigenvalue weighted by Gasteiger charge is -2.33. The summed E-state index contributed by atoms with van der Waals surface area (Å²) in [4.78, 5) is 19.3. The first-order chi connectivity index (χ1) is 13.1. The predicted octanol–water partition coefficient (Wildman–Crippen LogP) is 4.25. The molecule has 2 aliphatic heterocycles. The highest BCUT2D eigenvalue weighted by Crippen LogP contribution is 2.43. The number of thioether (sulfide) groups is 1. The Kier molecular flexibility index (Phi) is 6.11. The molecule has 0 amide bonds. The quantitative estimate of drug-likeness (QED) is 0.651. The van der Waals surface area contributed by atoms with Crippen LogP contribution in [0.2, 0.25) is 0 Å². The first-order valence-corrected chi connectivity index (χ1v) is 9.96. The second-order valence-electron chi connectivity index (χ2n) is 5.90. The molecule has 0 saturated carbocycles. The van der Waals surface area contributed by atoms with Crippen molar-refractivity contribution in [3.05, 3.63) is 46.6 Å². The van der Waals surface area contributed by atoms with Gasteiger partial charge >= 0.3 is 5.97 Å². The number of benzene rings is 1. The largest absolute Gasteiger partial charge is 0.490 e. The van der Waals surface area contributed by atoms with Crippen LogP contribution in [0, 0.1) is 0 Å². The van der Waals surface area contributed by atoms with Gasteiger partial charge in [-0.15, -0.1) is 0 Å². The third-order valence-electron chi connectivity index (χ3n) is 4.20. The van der Waals surface area contributed by atoms with Crippen molar-refractivity contribution in [1.29, 1.82) is 0 Å². The Labute approximate surface area is 163 Å². The van der Waals surface area contributed by atoms with E-state index in [1.54, 1.807) is 6.92 Å². The maximum absolute atomic E-state index is 12.7. The molecule has 3 rings (SSSR count). The van der Waals surface area contributed by atoms with E-state index in [0.717, 1.165) is 10.7 Å². The standard InChI is InChI=1S/C20H24N2O4S/c1-5-24-15-9-8-14(12-16(15)25-6-2)18-17(19(23)26-7-3)13(4)21-20-22(18)10-11-27-20/h8-12,18H,5-7H2,1-4H3. The zero-order valence-corrected chi connectivity index (χ0v) is 16.8. The third kappa shape index (κ3) is 3.83. The Morgan fingerprint density at radius 3 is 2.59 bits per heavy atom. The van der Waals surface area contributed by atoms with Crippen molar-refractivity contribution >= 4 is 22.9 Å². The Hall–Kier alpha value is -2.41. The zero-order chi connectivity index (χ0) is 19.4. The molecule has 0 fully saturated rings. The summed E-state index contributed by atoms with van der Waals surface area (Å²) in [6.45, 7) is 8.91. The van der Waals surface area contributed by atoms with Gasteiger partial charge in [-0.25, -0.2) is 9.79 Å². The van der Waals surface area contributed by atoms with Gasteiger partial charge in [0.1, 0.15) is 0 Å². The fraction of sp³-hybridized carbons (Fsp3) is 0.400. The van der Waals surface area contributed by atoms with E-state index in [1.165, 1.54) is 11.8 Å². The highest BCUT2D eigenvalue weighted by Gasteiger charge is 2.37. The number of hydrogen-bond donors (Lipinski definition) is 0. The third-order valence-corrected chi connectivity index (χ3v) is 4.97. The Morgan fingerprint density at radius 1 is 1.15 bits per heavy atom. The molecule has 0 spiro atoms. The lowest BCUT2D eigenvalue weighted by atomic mass is 9.94. The second-order valence-corrected chi connectivity index (χ2v) is 6.77. The van der Waals surface area contributed by atoms with Crippen molar-refractivity contribution in [3.8, 4) is 11.5 Å². The molecule has 144 valence electrons. The van der Waals surface area contributed by atoms with Gasteiger partial charge in [-0.1, -0.05) is 17.8 Å². The minimum atomic E-state index is -0.347. The van der Waals surface area contributed by atoms with Crippen molar-refractivity contribution in [2.45, 2.75) is 33.7 Å². The summed E-state index contributed by atoms with van der Waals surface area (Å²) in [6, 6.07) is 5.47. The van der Waals surface area contributed by atoms with Crippen LogP contribution in [0.3, 0.4) is 0 Å². The van der Waals surface area contributed by atoms with E-state index in [4.69, 9.17) is 14.2 Å². The van der Waals surface area contributed by atoms with E-state index in [2.05, 4.69) is 4.99 Å². The van der Waals surface area contributed by atoms with Crippen molar-refractivity contribution < 1.29 is 19.0 Å². The summed E-state index contributed by atoms with van der Waals surface area (Å²) in [5, 5.41) is 2.81. The van der Waals surface area contributed by atoms with E-state index in [0.29, 0.717) is 42.6 Å². The fourth-order valence-corrected chi connectivity index (χ4v) is 3.93. The fourth-order valence-electron chi connectivity index (χ4n) is 3.14. The lowest BCUT2D eigenvalue weighted by molar-refractivity contribution is -0.139. The van der Waals surface area contributed by atoms with Gasteiger partial charge in [-0.05, 0) is 50.8 Å². The van der Waals surface area contributed by atoms with Crippen molar-refractivity contribution in [2.24, 2.45) is 4.99 Å². The number of rotatable bonds is 7. The van der Waals surface area contributed by atoms with Crippen LogP contribution in [0.4, 0.5) is 0 Å². The molecule has 0 bridgehead atoms. The average molecular weight is 388 g/mol. The maximum Gasteiger partial charge on any atom is 0.338 e. The second kappa shape index (κ2) is 8.52. The molecule has 0 radical (unpaired) electrons. The zero-order valence-electron chi connectivity index (χ0n) is 16.0. The molecule has 6 nitrogen and oxygen atoms in total. The van der Waals surface area contributed by atoms with E-state index >= 15 is 0 Å². The molecule has 1 aromatic carbocycles. The number of nitrogens with zero attached hydrogens (tertiary/aromatic N) is 2. The van der Waals surface area contributed by atoms with E-state index in [1.807, 2.05) is 55.5 Å². The molecule has 1 atom stereocenters. The Bertz CT molecular complexity index is 816. The number of amidine groups is 1. The van der Waals surface area contributed by atoms with Gasteiger partial charge in [0.25, 0.3) is 0 Å². The first-order valence-electron chi connectivity index (χ1n) is 9.08. The van der Waals surface area contributed by atoms with Gasteiger partial charge < -0.3 is 19.1 Å². The normalized spacial score (nSPS) is 18.3. The van der Waals surface area contributed by atoms with Gasteiger partial charge in [0.15, 0.2) is 16.7 Å². The Morgan fingerprint density at radius 2 is 1.89 bits per heavy atom. The average Bonchev–Trinajstić information content (AvgIpc) is 3.10. The van der Waals surface area contributed by atoms with Crippen LogP contribution in [0.15, 0.2) is 46.1 Å². The predicted molar refractivity (Wildman–Crippen MR) is 107 cm³/mol. The van der Waals surface area contributed by atoms with Crippen LogP contribution in [-0.2, 0) is 9.53 Å². The summed E-state index contributed by atoms with van der Waals surface area (Å²) in [7, 11) is 0. The highest BCUT2D eigenvalue weighted by atomic mass is 32.2. The molecule has 0 saturated heterocycles. The number of carbonyl (C=O) groups is 1. The number of hydrogen-bond acceptors (Lipinski definition) is 7. The number of carbonyl (C=O) groups excluding carboxylic acids is 1. The molecule has 1 aromatic rings. The molecule has 1 unspecified atom stereocenters. The summed E-state index contributed by atoms with van der Waals surface area (Å²) in [5.41, 5.74) is 2.14. The smallest absolute Gasteiger partial charge is 0.338 e. The monoisotopic (exact) mass is 388 g/mol. The molecular weight excluding hydrogens is 364 g/mol. The van der Waals surface area contributed by atoms with Crippen LogP contribution in [-0.4, -0.2) is 35.9 Å². The number of ether oxygens (including phenoxy) is 3. The first kappa shape index (κ1) is 19.4. The Balaban J connectivity index is 2.08. The van der Waals surface area contributed by atoms with Crippen LogP contribution in [0.25, 0.3) is 0 Å². The number of aliphatic imine (C=N–C) groups is 1. The minimum absolute atomic E-state index is 0.316. The van der Waals surface area contributed by atoms with Crippen molar-refractivity contribution in [3.63, 3.8) is 0 Å². The number of allylic oxidation sites excluding steroid dienone is 1. The van der Waals surface area contributed by atoms with Crippen molar-refractivity contribution in [1.82, 2.24) is 4.90 Å². The van der Waals surface area contributed by atoms with E-state index in [-0.39, 0.29) is 12.0 Å². The van der Waals surface area contributed by atoms with Crippen LogP contribution >= 0.6 is 11.8 Å². The summed E-state index contributed by atoms with van der Waals surface area (Å²) in [6.07, 6.45) is 1.94. The molecule has 7 heteroatoms. The van der Waals surface area contributed by atoms with Gasteiger partial charge in [0, 0.05) is 6.20 Å². The SMILES string of the molecule is CCOC(=O)C1=C(C)N=C2SC=CN2C1c1ccc(OCC)c(OCC)c1. The molecule has 0 N–H and O–H groups in total. The van der Waals surface area contributed by atoms with Crippen LogP contribution in [0.5, 0.6) is 11.5 Å². The van der Waals surface area contributed by atoms with E-state index in [9.17, 15) is 4.79 Å². The van der Waals surface area contributed by atoms with E-state index < -0.39 is 0 Å². The molecule has 0 aliphatic carbocycles. The van der Waals surface area contributed by atoms with Gasteiger partial charge in [-0.2, -0.15) is 0 Å². The molecule has 2 aliphatic rings. The van der Waals surface area contributed by atoms with Crippen LogP contribution in [0.1, 0.15) is 39.3 Å². The lowest BCUT2D eigenvalue weighted by Crippen LogP contribution is -2.34. The number of fused-ring (bicyclic) bond motifs is 1. The highest BCUT2D eigenvalue weighted by molar-refractivity contribution is 8.16. The van der Waals surface area contributed by atoms with Gasteiger partial charge in [0.05, 0.1) is 37.1 Å². The topological polar surface area (TPSA) is 60.4 Å². The maximum atomic E-state index is 12.7. The van der Waals surface area contributed by atoms with Gasteiger partial charge in [0.2, 0.25) is 0 Å². The molecule has 27 heavy (non-hydrogen) atoms. The van der Waals surface area contributed by atoms with Gasteiger partial charge in [-0.3, -0.25) is 0 Å². The van der Waals surface area contributed by atoms with Crippen LogP contribution < -0.4 is 9.47 Å². The molecule has 0 aromatic heterocycles.